The van der Waals surface area contributed by atoms with Crippen molar-refractivity contribution >= 4 is 12.4 Å². The van der Waals surface area contributed by atoms with Crippen molar-refractivity contribution in [3.63, 3.8) is 0 Å². The van der Waals surface area contributed by atoms with Crippen molar-refractivity contribution in [1.82, 2.24) is 0 Å². The van der Waals surface area contributed by atoms with Gasteiger partial charge in [0.05, 0.1) is 25.6 Å². The van der Waals surface area contributed by atoms with E-state index in [9.17, 15) is 0 Å². The summed E-state index contributed by atoms with van der Waals surface area (Å²) >= 11 is 0. The number of rotatable bonds is 5. The molecule has 0 unspecified atom stereocenters. The molecule has 0 rings (SSSR count). The Morgan fingerprint density at radius 3 is 1.54 bits per heavy atom. The van der Waals surface area contributed by atoms with Gasteiger partial charge in [-0.05, 0) is 12.2 Å². The van der Waals surface area contributed by atoms with Gasteiger partial charge in [0, 0.05) is 29.2 Å². The van der Waals surface area contributed by atoms with E-state index in [1.165, 1.54) is 24.6 Å². The van der Waals surface area contributed by atoms with Crippen molar-refractivity contribution in [2.45, 2.75) is 0 Å². The van der Waals surface area contributed by atoms with Crippen LogP contribution in [0.1, 0.15) is 0 Å². The summed E-state index contributed by atoms with van der Waals surface area (Å²) in [5.74, 6) is 0. The fraction of sp³-hybridized carbons (Fsp3) is 0.250. The average molecular weight is 227 g/mol. The van der Waals surface area contributed by atoms with E-state index in [0.717, 1.165) is 12.5 Å². The Bertz CT molecular complexity index is 178. The first-order chi connectivity index (χ1) is 5.91. The topological polar surface area (TPSA) is 65.2 Å². The van der Waals surface area contributed by atoms with E-state index in [0.29, 0.717) is 13.1 Å². The van der Waals surface area contributed by atoms with Crippen LogP contribution >= 0.6 is 0 Å². The molecule has 0 atom stereocenters. The van der Waals surface area contributed by atoms with Gasteiger partial charge in [0.1, 0.15) is 0 Å². The molecule has 0 aliphatic rings. The van der Waals surface area contributed by atoms with Crippen LogP contribution in [-0.4, -0.2) is 35.7 Å². The minimum absolute atomic E-state index is 0. The summed E-state index contributed by atoms with van der Waals surface area (Å²) in [6, 6.07) is 0. The molecule has 0 aromatic carbocycles. The van der Waals surface area contributed by atoms with Crippen LogP contribution in [0.25, 0.3) is 0 Å². The van der Waals surface area contributed by atoms with E-state index in [1.54, 1.807) is 0 Å². The van der Waals surface area contributed by atoms with E-state index >= 15 is 0 Å². The van der Waals surface area contributed by atoms with Gasteiger partial charge in [-0.3, -0.25) is 9.98 Å². The second kappa shape index (κ2) is 13.5. The molecule has 0 amide bonds. The Labute approximate surface area is 87.6 Å². The third kappa shape index (κ3) is 13.9. The SMILES string of the molecule is OC=CC=NCCN=CC=CO.[Co]. The average Bonchev–Trinajstić information content (AvgIpc) is 2.10. The molecule has 13 heavy (non-hydrogen) atoms. The molecule has 4 nitrogen and oxygen atoms in total. The van der Waals surface area contributed by atoms with E-state index in [1.807, 2.05) is 0 Å². The number of aliphatic hydroxyl groups is 2. The first-order valence-corrected chi connectivity index (χ1v) is 3.50. The summed E-state index contributed by atoms with van der Waals surface area (Å²) in [5.41, 5.74) is 0. The molecule has 0 heterocycles. The van der Waals surface area contributed by atoms with Crippen LogP contribution in [0.15, 0.2) is 34.7 Å². The molecule has 0 saturated heterocycles. The number of aliphatic hydroxyl groups excluding tert-OH is 2. The molecule has 0 aromatic heterocycles. The summed E-state index contributed by atoms with van der Waals surface area (Å²) in [7, 11) is 0. The number of allylic oxidation sites excluding steroid dienone is 2. The molecular formula is C8H12CoN2O2. The van der Waals surface area contributed by atoms with E-state index in [2.05, 4.69) is 9.98 Å². The monoisotopic (exact) mass is 227 g/mol. The number of aliphatic imine (C=N–C) groups is 2. The fourth-order valence-electron chi connectivity index (χ4n) is 0.463. The molecule has 0 aliphatic heterocycles. The van der Waals surface area contributed by atoms with Crippen LogP contribution in [0.3, 0.4) is 0 Å². The van der Waals surface area contributed by atoms with Crippen LogP contribution in [0.4, 0.5) is 0 Å². The maximum absolute atomic E-state index is 8.20. The third-order valence-corrected chi connectivity index (χ3v) is 0.913. The number of hydrogen-bond donors (Lipinski definition) is 2. The summed E-state index contributed by atoms with van der Waals surface area (Å²) in [4.78, 5) is 7.77. The van der Waals surface area contributed by atoms with Crippen LogP contribution in [0.5, 0.6) is 0 Å². The largest absolute Gasteiger partial charge is 0.516 e. The molecule has 0 aromatic rings. The smallest absolute Gasteiger partial charge is 0.0806 e. The van der Waals surface area contributed by atoms with E-state index in [4.69, 9.17) is 10.2 Å². The first-order valence-electron chi connectivity index (χ1n) is 3.50. The van der Waals surface area contributed by atoms with Gasteiger partial charge in [0.25, 0.3) is 0 Å². The number of hydrogen-bond acceptors (Lipinski definition) is 4. The summed E-state index contributed by atoms with van der Waals surface area (Å²) in [6.07, 6.45) is 7.69. The molecule has 2 N–H and O–H groups in total. The number of nitrogens with zero attached hydrogens (tertiary/aromatic N) is 2. The van der Waals surface area contributed by atoms with Crippen molar-refractivity contribution in [2.75, 3.05) is 13.1 Å². The summed E-state index contributed by atoms with van der Waals surface area (Å²) in [5, 5.41) is 16.4. The van der Waals surface area contributed by atoms with Crippen LogP contribution < -0.4 is 0 Å². The van der Waals surface area contributed by atoms with Crippen LogP contribution in [0, 0.1) is 0 Å². The van der Waals surface area contributed by atoms with Crippen molar-refractivity contribution < 1.29 is 27.0 Å². The second-order valence-corrected chi connectivity index (χ2v) is 1.79. The Balaban J connectivity index is 0. The van der Waals surface area contributed by atoms with E-state index < -0.39 is 0 Å². The van der Waals surface area contributed by atoms with Crippen molar-refractivity contribution in [1.29, 1.82) is 0 Å². The maximum Gasteiger partial charge on any atom is 0.0806 e. The van der Waals surface area contributed by atoms with Gasteiger partial charge in [0.15, 0.2) is 0 Å². The molecule has 0 bridgehead atoms. The molecule has 0 aliphatic carbocycles. The molecule has 75 valence electrons. The molecule has 0 fully saturated rings. The Hall–Kier alpha value is -1.07. The summed E-state index contributed by atoms with van der Waals surface area (Å²) < 4.78 is 0. The first kappa shape index (κ1) is 14.5. The molecule has 1 radical (unpaired) electrons. The molecule has 0 spiro atoms. The predicted molar refractivity (Wildman–Crippen MR) is 50.3 cm³/mol. The minimum Gasteiger partial charge on any atom is -0.516 e. The van der Waals surface area contributed by atoms with Crippen LogP contribution in [0.2, 0.25) is 0 Å². The Morgan fingerprint density at radius 1 is 0.846 bits per heavy atom. The van der Waals surface area contributed by atoms with Gasteiger partial charge in [0.2, 0.25) is 0 Å². The van der Waals surface area contributed by atoms with Crippen molar-refractivity contribution in [2.24, 2.45) is 9.98 Å². The Kier molecular flexibility index (Phi) is 15.0. The maximum atomic E-state index is 8.20. The van der Waals surface area contributed by atoms with Gasteiger partial charge in [-0.2, -0.15) is 0 Å². The van der Waals surface area contributed by atoms with Crippen molar-refractivity contribution in [3.8, 4) is 0 Å². The third-order valence-electron chi connectivity index (χ3n) is 0.913. The molecular weight excluding hydrogens is 215 g/mol. The predicted octanol–water partition coefficient (Wildman–Crippen LogP) is 1.27. The zero-order chi connectivity index (χ0) is 9.07. The van der Waals surface area contributed by atoms with Gasteiger partial charge in [-0.25, -0.2) is 0 Å². The Morgan fingerprint density at radius 2 is 1.23 bits per heavy atom. The van der Waals surface area contributed by atoms with Gasteiger partial charge in [-0.1, -0.05) is 0 Å². The normalized spacial score (nSPS) is 12.0. The molecule has 0 saturated carbocycles. The quantitative estimate of drug-likeness (QED) is 0.422. The minimum atomic E-state index is 0. The van der Waals surface area contributed by atoms with Crippen LogP contribution in [-0.2, 0) is 16.8 Å². The van der Waals surface area contributed by atoms with Gasteiger partial charge < -0.3 is 10.2 Å². The van der Waals surface area contributed by atoms with E-state index in [-0.39, 0.29) is 16.8 Å². The van der Waals surface area contributed by atoms with Crippen molar-refractivity contribution in [3.05, 3.63) is 24.7 Å². The van der Waals surface area contributed by atoms with Gasteiger partial charge in [-0.15, -0.1) is 0 Å². The zero-order valence-corrected chi connectivity index (χ0v) is 8.04. The summed E-state index contributed by atoms with van der Waals surface area (Å²) in [6.45, 7) is 1.14. The standard InChI is InChI=1S/C8H12N2O2.Co/c11-7-1-3-9-5-6-10-4-2-8-12;/h1-4,7-8,11-12H,5-6H2;. The second-order valence-electron chi connectivity index (χ2n) is 1.79. The zero-order valence-electron chi connectivity index (χ0n) is 7.00. The fourth-order valence-corrected chi connectivity index (χ4v) is 0.463. The van der Waals surface area contributed by atoms with Gasteiger partial charge >= 0.3 is 0 Å². The molecule has 5 heteroatoms.